The molecular weight excluding hydrogens is 288 g/mol. The van der Waals surface area contributed by atoms with Gasteiger partial charge in [0.2, 0.25) is 0 Å². The molecule has 0 amide bonds. The molecule has 0 bridgehead atoms. The van der Waals surface area contributed by atoms with Gasteiger partial charge in [0, 0.05) is 0 Å². The molecule has 0 radical (unpaired) electrons. The lowest BCUT2D eigenvalue weighted by atomic mass is 9.98. The highest BCUT2D eigenvalue weighted by Crippen LogP contribution is 2.37. The van der Waals surface area contributed by atoms with Crippen LogP contribution in [-0.4, -0.2) is 12.6 Å². The highest BCUT2D eigenvalue weighted by molar-refractivity contribution is 5.71. The fourth-order valence-electron chi connectivity index (χ4n) is 3.15. The standard InChI is InChI=1S/C20H22O3/c1-2-22-20(21)13-17-9-8-16-12-18(10-11-19(16)17)23-14-15-6-4-3-5-7-15/h3-7,10-12,17H,2,8-9,13-14H2,1H3/t17-/m0/s1. The maximum Gasteiger partial charge on any atom is 0.306 e. The van der Waals surface area contributed by atoms with Gasteiger partial charge in [-0.05, 0) is 54.5 Å². The third-order valence-electron chi connectivity index (χ3n) is 4.28. The maximum atomic E-state index is 11.7. The van der Waals surface area contributed by atoms with Gasteiger partial charge in [0.05, 0.1) is 13.0 Å². The molecule has 120 valence electrons. The number of ether oxygens (including phenoxy) is 2. The van der Waals surface area contributed by atoms with Crippen LogP contribution < -0.4 is 4.74 Å². The highest BCUT2D eigenvalue weighted by Gasteiger charge is 2.25. The summed E-state index contributed by atoms with van der Waals surface area (Å²) in [7, 11) is 0. The third kappa shape index (κ3) is 3.92. The molecule has 0 fully saturated rings. The number of fused-ring (bicyclic) bond motifs is 1. The Bertz CT molecular complexity index is 664. The zero-order chi connectivity index (χ0) is 16.1. The van der Waals surface area contributed by atoms with Crippen LogP contribution in [0.15, 0.2) is 48.5 Å². The topological polar surface area (TPSA) is 35.5 Å². The van der Waals surface area contributed by atoms with Crippen molar-refractivity contribution >= 4 is 5.97 Å². The van der Waals surface area contributed by atoms with Gasteiger partial charge in [-0.25, -0.2) is 0 Å². The van der Waals surface area contributed by atoms with Gasteiger partial charge in [0.25, 0.3) is 0 Å². The minimum absolute atomic E-state index is 0.102. The number of esters is 1. The Morgan fingerprint density at radius 1 is 1.17 bits per heavy atom. The van der Waals surface area contributed by atoms with Crippen LogP contribution in [0.3, 0.4) is 0 Å². The van der Waals surface area contributed by atoms with E-state index in [2.05, 4.69) is 24.3 Å². The lowest BCUT2D eigenvalue weighted by Gasteiger charge is -2.12. The zero-order valence-electron chi connectivity index (χ0n) is 13.5. The summed E-state index contributed by atoms with van der Waals surface area (Å²) in [5.74, 6) is 1.08. The smallest absolute Gasteiger partial charge is 0.306 e. The Hall–Kier alpha value is -2.29. The van der Waals surface area contributed by atoms with Crippen LogP contribution in [0.4, 0.5) is 0 Å². The van der Waals surface area contributed by atoms with E-state index in [0.717, 1.165) is 24.2 Å². The van der Waals surface area contributed by atoms with Crippen molar-refractivity contribution in [3.8, 4) is 5.75 Å². The molecule has 0 spiro atoms. The van der Waals surface area contributed by atoms with Crippen molar-refractivity contribution in [1.29, 1.82) is 0 Å². The van der Waals surface area contributed by atoms with Gasteiger partial charge in [-0.15, -0.1) is 0 Å². The summed E-state index contributed by atoms with van der Waals surface area (Å²) in [6, 6.07) is 16.4. The SMILES string of the molecule is CCOC(=O)C[C@@H]1CCc2cc(OCc3ccccc3)ccc21. The van der Waals surface area contributed by atoms with E-state index in [-0.39, 0.29) is 11.9 Å². The number of hydrogen-bond acceptors (Lipinski definition) is 3. The Kier molecular flexibility index (Phi) is 4.96. The molecule has 1 aliphatic carbocycles. The van der Waals surface area contributed by atoms with Crippen molar-refractivity contribution in [2.45, 2.75) is 38.7 Å². The summed E-state index contributed by atoms with van der Waals surface area (Å²) in [5.41, 5.74) is 3.73. The van der Waals surface area contributed by atoms with E-state index < -0.39 is 0 Å². The van der Waals surface area contributed by atoms with Gasteiger partial charge in [0.1, 0.15) is 12.4 Å². The molecule has 0 aliphatic heterocycles. The lowest BCUT2D eigenvalue weighted by molar-refractivity contribution is -0.143. The average Bonchev–Trinajstić information content (AvgIpc) is 2.96. The van der Waals surface area contributed by atoms with Crippen LogP contribution in [-0.2, 0) is 22.6 Å². The minimum Gasteiger partial charge on any atom is -0.489 e. The molecule has 23 heavy (non-hydrogen) atoms. The van der Waals surface area contributed by atoms with Crippen molar-refractivity contribution < 1.29 is 14.3 Å². The summed E-state index contributed by atoms with van der Waals surface area (Å²) in [5, 5.41) is 0. The van der Waals surface area contributed by atoms with Crippen LogP contribution in [0.1, 0.15) is 42.4 Å². The minimum atomic E-state index is -0.102. The Morgan fingerprint density at radius 2 is 2.00 bits per heavy atom. The zero-order valence-corrected chi connectivity index (χ0v) is 13.5. The summed E-state index contributed by atoms with van der Waals surface area (Å²) >= 11 is 0. The average molecular weight is 310 g/mol. The van der Waals surface area contributed by atoms with E-state index in [1.54, 1.807) is 0 Å². The van der Waals surface area contributed by atoms with E-state index in [1.165, 1.54) is 11.1 Å². The molecule has 0 unspecified atom stereocenters. The van der Waals surface area contributed by atoms with Gasteiger partial charge in [-0.1, -0.05) is 36.4 Å². The first-order valence-corrected chi connectivity index (χ1v) is 8.21. The van der Waals surface area contributed by atoms with Crippen LogP contribution in [0, 0.1) is 0 Å². The largest absolute Gasteiger partial charge is 0.489 e. The number of rotatable bonds is 6. The number of carbonyl (C=O) groups excluding carboxylic acids is 1. The maximum absolute atomic E-state index is 11.7. The molecule has 0 saturated carbocycles. The summed E-state index contributed by atoms with van der Waals surface area (Å²) in [4.78, 5) is 11.7. The normalized spacial score (nSPS) is 16.0. The molecule has 0 saturated heterocycles. The molecule has 1 atom stereocenters. The first kappa shape index (κ1) is 15.6. The quantitative estimate of drug-likeness (QED) is 0.748. The number of carbonyl (C=O) groups is 1. The van der Waals surface area contributed by atoms with Crippen LogP contribution in [0.25, 0.3) is 0 Å². The number of benzene rings is 2. The predicted octanol–water partition coefficient (Wildman–Crippen LogP) is 4.25. The van der Waals surface area contributed by atoms with Crippen molar-refractivity contribution in [3.05, 3.63) is 65.2 Å². The van der Waals surface area contributed by atoms with E-state index in [9.17, 15) is 4.79 Å². The van der Waals surface area contributed by atoms with Gasteiger partial charge in [-0.3, -0.25) is 4.79 Å². The van der Waals surface area contributed by atoms with E-state index in [0.29, 0.717) is 19.6 Å². The molecule has 0 heterocycles. The predicted molar refractivity (Wildman–Crippen MR) is 89.5 cm³/mol. The lowest BCUT2D eigenvalue weighted by Crippen LogP contribution is -2.08. The van der Waals surface area contributed by atoms with Gasteiger partial charge in [0.15, 0.2) is 0 Å². The molecular formula is C20H22O3. The van der Waals surface area contributed by atoms with Gasteiger partial charge in [-0.2, -0.15) is 0 Å². The van der Waals surface area contributed by atoms with Gasteiger partial charge < -0.3 is 9.47 Å². The molecule has 2 aromatic carbocycles. The Labute approximate surface area is 137 Å². The number of aryl methyl sites for hydroxylation is 1. The Balaban J connectivity index is 1.63. The highest BCUT2D eigenvalue weighted by atomic mass is 16.5. The second kappa shape index (κ2) is 7.32. The number of hydrogen-bond donors (Lipinski definition) is 0. The fraction of sp³-hybridized carbons (Fsp3) is 0.350. The molecule has 3 nitrogen and oxygen atoms in total. The van der Waals surface area contributed by atoms with Crippen molar-refractivity contribution in [2.75, 3.05) is 6.61 Å². The first-order chi connectivity index (χ1) is 11.3. The fourth-order valence-corrected chi connectivity index (χ4v) is 3.15. The van der Waals surface area contributed by atoms with Crippen molar-refractivity contribution in [1.82, 2.24) is 0 Å². The molecule has 1 aliphatic rings. The molecule has 3 heteroatoms. The molecule has 0 N–H and O–H groups in total. The summed E-state index contributed by atoms with van der Waals surface area (Å²) in [6.07, 6.45) is 2.49. The molecule has 2 aromatic rings. The van der Waals surface area contributed by atoms with Crippen LogP contribution in [0.2, 0.25) is 0 Å². The molecule has 0 aromatic heterocycles. The van der Waals surface area contributed by atoms with Crippen LogP contribution in [0.5, 0.6) is 5.75 Å². The summed E-state index contributed by atoms with van der Waals surface area (Å²) < 4.78 is 10.9. The third-order valence-corrected chi connectivity index (χ3v) is 4.28. The van der Waals surface area contributed by atoms with E-state index in [1.807, 2.05) is 31.2 Å². The molecule has 3 rings (SSSR count). The van der Waals surface area contributed by atoms with Crippen molar-refractivity contribution in [2.24, 2.45) is 0 Å². The van der Waals surface area contributed by atoms with E-state index >= 15 is 0 Å². The van der Waals surface area contributed by atoms with Gasteiger partial charge >= 0.3 is 5.97 Å². The second-order valence-electron chi connectivity index (χ2n) is 5.88. The monoisotopic (exact) mass is 310 g/mol. The van der Waals surface area contributed by atoms with E-state index in [4.69, 9.17) is 9.47 Å². The van der Waals surface area contributed by atoms with Crippen molar-refractivity contribution in [3.63, 3.8) is 0 Å². The Morgan fingerprint density at radius 3 is 2.78 bits per heavy atom. The second-order valence-corrected chi connectivity index (χ2v) is 5.88. The summed E-state index contributed by atoms with van der Waals surface area (Å²) in [6.45, 7) is 2.87. The first-order valence-electron chi connectivity index (χ1n) is 8.21. The van der Waals surface area contributed by atoms with Crippen LogP contribution >= 0.6 is 0 Å².